The number of furan rings is 1. The van der Waals surface area contributed by atoms with Gasteiger partial charge in [0.1, 0.15) is 0 Å². The van der Waals surface area contributed by atoms with Crippen molar-refractivity contribution in [1.82, 2.24) is 0 Å². The van der Waals surface area contributed by atoms with E-state index in [0.717, 1.165) is 12.1 Å². The molecular weight excluding hydrogens is 320 g/mol. The lowest BCUT2D eigenvalue weighted by atomic mass is 9.95. The molecule has 1 aromatic heterocycles. The highest BCUT2D eigenvalue weighted by Crippen LogP contribution is 2.24. The average Bonchev–Trinajstić information content (AvgIpc) is 2.86. The molecule has 0 aromatic carbocycles. The molecule has 4 N–H and O–H groups in total. The molecule has 0 bridgehead atoms. The van der Waals surface area contributed by atoms with Crippen molar-refractivity contribution >= 4 is 29.8 Å². The van der Waals surface area contributed by atoms with Gasteiger partial charge in [-0.15, -0.1) is 0 Å². The number of rotatable bonds is 8. The minimum Gasteiger partial charge on any atom is -0.481 e. The molecule has 0 amide bonds. The van der Waals surface area contributed by atoms with Crippen LogP contribution >= 0.6 is 0 Å². The van der Waals surface area contributed by atoms with Crippen LogP contribution in [0.1, 0.15) is 34.0 Å². The maximum atomic E-state index is 11.8. The molecule has 1 aromatic rings. The number of ether oxygens (including phenoxy) is 1. The van der Waals surface area contributed by atoms with E-state index in [4.69, 9.17) is 20.4 Å². The van der Waals surface area contributed by atoms with Crippen molar-refractivity contribution in [3.63, 3.8) is 0 Å². The molecule has 0 aliphatic heterocycles. The van der Waals surface area contributed by atoms with Crippen LogP contribution in [0.25, 0.3) is 0 Å². The Hall–Kier alpha value is -3.37. The molecule has 1 heterocycles. The number of aromatic carboxylic acids is 1. The van der Waals surface area contributed by atoms with Gasteiger partial charge < -0.3 is 29.6 Å². The second kappa shape index (κ2) is 6.60. The maximum absolute atomic E-state index is 11.8. The van der Waals surface area contributed by atoms with Crippen molar-refractivity contribution in [2.24, 2.45) is 0 Å². The summed E-state index contributed by atoms with van der Waals surface area (Å²) in [7, 11) is 0. The van der Waals surface area contributed by atoms with Crippen LogP contribution in [0.5, 0.6) is 0 Å². The Morgan fingerprint density at radius 2 is 1.39 bits per heavy atom. The zero-order valence-corrected chi connectivity index (χ0v) is 11.2. The molecular formula is C12H10O11. The Morgan fingerprint density at radius 1 is 0.913 bits per heavy atom. The van der Waals surface area contributed by atoms with Gasteiger partial charge in [-0.3, -0.25) is 9.59 Å². The predicted octanol–water partition coefficient (Wildman–Crippen LogP) is -0.0926. The molecule has 0 saturated carbocycles. The van der Waals surface area contributed by atoms with E-state index in [1.54, 1.807) is 0 Å². The van der Waals surface area contributed by atoms with Crippen LogP contribution in [0.4, 0.5) is 0 Å². The van der Waals surface area contributed by atoms with Crippen LogP contribution in [0.2, 0.25) is 0 Å². The fourth-order valence-electron chi connectivity index (χ4n) is 1.61. The van der Waals surface area contributed by atoms with E-state index in [2.05, 4.69) is 9.15 Å². The molecule has 11 heteroatoms. The quantitative estimate of drug-likeness (QED) is 0.466. The highest BCUT2D eigenvalue weighted by molar-refractivity contribution is 5.95. The summed E-state index contributed by atoms with van der Waals surface area (Å²) in [5.74, 6) is -9.80. The van der Waals surface area contributed by atoms with Gasteiger partial charge in [0.05, 0.1) is 12.8 Å². The van der Waals surface area contributed by atoms with Gasteiger partial charge >= 0.3 is 29.8 Å². The van der Waals surface area contributed by atoms with Gasteiger partial charge in [0.2, 0.25) is 17.1 Å². The topological polar surface area (TPSA) is 189 Å². The molecule has 23 heavy (non-hydrogen) atoms. The first kappa shape index (κ1) is 17.7. The second-order valence-electron chi connectivity index (χ2n) is 4.30. The van der Waals surface area contributed by atoms with Crippen molar-refractivity contribution in [2.45, 2.75) is 18.4 Å². The van der Waals surface area contributed by atoms with Gasteiger partial charge in [0.15, 0.2) is 0 Å². The Morgan fingerprint density at radius 3 is 1.74 bits per heavy atom. The smallest absolute Gasteiger partial charge is 0.375 e. The van der Waals surface area contributed by atoms with Crippen LogP contribution in [-0.2, 0) is 19.1 Å². The Balaban J connectivity index is 3.13. The first-order valence-corrected chi connectivity index (χ1v) is 5.81. The summed E-state index contributed by atoms with van der Waals surface area (Å²) in [6.07, 6.45) is -2.63. The normalized spacial score (nSPS) is 10.8. The lowest BCUT2D eigenvalue weighted by molar-refractivity contribution is -0.171. The first-order valence-electron chi connectivity index (χ1n) is 5.81. The maximum Gasteiger partial charge on any atom is 0.375 e. The largest absolute Gasteiger partial charge is 0.481 e. The summed E-state index contributed by atoms with van der Waals surface area (Å²) in [5, 5.41) is 35.2. The monoisotopic (exact) mass is 330 g/mol. The molecule has 124 valence electrons. The van der Waals surface area contributed by atoms with E-state index in [0.29, 0.717) is 0 Å². The third-order valence-electron chi connectivity index (χ3n) is 2.57. The summed E-state index contributed by atoms with van der Waals surface area (Å²) in [5.41, 5.74) is -2.87. The molecule has 0 aliphatic carbocycles. The molecule has 0 atom stereocenters. The third-order valence-corrected chi connectivity index (χ3v) is 2.57. The standard InChI is InChI=1S/C12H10O11/c13-7(14)3-12(11(20)21,4-8(15)16)23-10(19)6-2-1-5(22-6)9(17)18/h1-2H,3-4H2,(H,13,14)(H,15,16)(H,17,18)(H,20,21). The van der Waals surface area contributed by atoms with Crippen molar-refractivity contribution in [3.8, 4) is 0 Å². The fourth-order valence-corrected chi connectivity index (χ4v) is 1.61. The van der Waals surface area contributed by atoms with E-state index >= 15 is 0 Å². The average molecular weight is 330 g/mol. The molecule has 0 unspecified atom stereocenters. The van der Waals surface area contributed by atoms with Gasteiger partial charge in [0, 0.05) is 0 Å². The van der Waals surface area contributed by atoms with Crippen LogP contribution < -0.4 is 0 Å². The number of carboxylic acids is 4. The summed E-state index contributed by atoms with van der Waals surface area (Å²) >= 11 is 0. The summed E-state index contributed by atoms with van der Waals surface area (Å²) < 4.78 is 9.09. The number of hydrogen-bond donors (Lipinski definition) is 4. The number of aliphatic carboxylic acids is 3. The lowest BCUT2D eigenvalue weighted by Gasteiger charge is -2.25. The van der Waals surface area contributed by atoms with Crippen LogP contribution in [-0.4, -0.2) is 55.9 Å². The van der Waals surface area contributed by atoms with E-state index < -0.39 is 59.8 Å². The van der Waals surface area contributed by atoms with Crippen LogP contribution in [0, 0.1) is 0 Å². The molecule has 11 nitrogen and oxygen atoms in total. The highest BCUT2D eigenvalue weighted by atomic mass is 16.6. The zero-order valence-electron chi connectivity index (χ0n) is 11.2. The zero-order chi connectivity index (χ0) is 17.8. The van der Waals surface area contributed by atoms with E-state index in [1.807, 2.05) is 0 Å². The van der Waals surface area contributed by atoms with Crippen LogP contribution in [0.3, 0.4) is 0 Å². The molecule has 0 spiro atoms. The minimum absolute atomic E-state index is 0.644. The third kappa shape index (κ3) is 4.30. The number of hydrogen-bond acceptors (Lipinski definition) is 7. The first-order chi connectivity index (χ1) is 10.6. The highest BCUT2D eigenvalue weighted by Gasteiger charge is 2.47. The minimum atomic E-state index is -2.87. The molecule has 1 rings (SSSR count). The Bertz CT molecular complexity index is 652. The van der Waals surface area contributed by atoms with Crippen molar-refractivity contribution in [3.05, 3.63) is 23.7 Å². The number of carbonyl (C=O) groups excluding carboxylic acids is 1. The van der Waals surface area contributed by atoms with Gasteiger partial charge in [-0.2, -0.15) is 0 Å². The predicted molar refractivity (Wildman–Crippen MR) is 66.0 cm³/mol. The van der Waals surface area contributed by atoms with Gasteiger partial charge in [-0.1, -0.05) is 0 Å². The lowest BCUT2D eigenvalue weighted by Crippen LogP contribution is -2.47. The molecule has 0 saturated heterocycles. The number of carbonyl (C=O) groups is 5. The summed E-state index contributed by atoms with van der Waals surface area (Å²) in [6.45, 7) is 0. The molecule has 0 fully saturated rings. The van der Waals surface area contributed by atoms with Gasteiger partial charge in [-0.05, 0) is 12.1 Å². The van der Waals surface area contributed by atoms with Gasteiger partial charge in [0.25, 0.3) is 0 Å². The van der Waals surface area contributed by atoms with E-state index in [9.17, 15) is 24.0 Å². The van der Waals surface area contributed by atoms with Crippen molar-refractivity contribution in [1.29, 1.82) is 0 Å². The van der Waals surface area contributed by atoms with Crippen molar-refractivity contribution < 1.29 is 53.6 Å². The molecule has 0 aliphatic rings. The second-order valence-corrected chi connectivity index (χ2v) is 4.30. The van der Waals surface area contributed by atoms with E-state index in [-0.39, 0.29) is 0 Å². The number of esters is 1. The van der Waals surface area contributed by atoms with Gasteiger partial charge in [-0.25, -0.2) is 14.4 Å². The Kier molecular flexibility index (Phi) is 5.07. The molecule has 0 radical (unpaired) electrons. The fraction of sp³-hybridized carbons (Fsp3) is 0.250. The van der Waals surface area contributed by atoms with Crippen LogP contribution in [0.15, 0.2) is 16.5 Å². The number of carboxylic acid groups (broad SMARTS) is 4. The van der Waals surface area contributed by atoms with E-state index in [1.165, 1.54) is 0 Å². The summed E-state index contributed by atoms with van der Waals surface area (Å²) in [6, 6.07) is 1.75. The SMILES string of the molecule is O=C(O)CC(CC(=O)O)(OC(=O)c1ccc(C(=O)O)o1)C(=O)O. The summed E-state index contributed by atoms with van der Waals surface area (Å²) in [4.78, 5) is 55.2. The Labute approximate surface area is 126 Å². The van der Waals surface area contributed by atoms with Crippen molar-refractivity contribution in [2.75, 3.05) is 0 Å².